The van der Waals surface area contributed by atoms with Crippen molar-refractivity contribution >= 4 is 22.8 Å². The minimum Gasteiger partial charge on any atom is -0.361 e. The van der Waals surface area contributed by atoms with Gasteiger partial charge in [0.15, 0.2) is 0 Å². The van der Waals surface area contributed by atoms with E-state index in [1.54, 1.807) is 42.4 Å². The maximum atomic E-state index is 13.0. The first-order chi connectivity index (χ1) is 13.9. The number of nitrogens with one attached hydrogen (secondary N) is 2. The van der Waals surface area contributed by atoms with Crippen LogP contribution in [0.3, 0.4) is 0 Å². The van der Waals surface area contributed by atoms with Gasteiger partial charge in [0.2, 0.25) is 5.95 Å². The standard InChI is InChI=1S/C21H22N6O2/c1-13-8-10-27(11-9-15-12-22-17-7-5-4-6-16(15)17)20(29)18(13)19(28)24-21-23-14(2)26(3)25-21/h4-8,10,12,22H,9,11H2,1-3H3,(H,24,25,28). The number of pyridine rings is 1. The Morgan fingerprint density at radius 1 is 1.21 bits per heavy atom. The van der Waals surface area contributed by atoms with Crippen LogP contribution in [0.5, 0.6) is 0 Å². The molecule has 0 aliphatic carbocycles. The van der Waals surface area contributed by atoms with E-state index in [-0.39, 0.29) is 17.1 Å². The van der Waals surface area contributed by atoms with Crippen LogP contribution in [0.1, 0.15) is 27.3 Å². The second-order valence-corrected chi connectivity index (χ2v) is 7.04. The number of amides is 1. The van der Waals surface area contributed by atoms with E-state index in [2.05, 4.69) is 26.4 Å². The highest BCUT2D eigenvalue weighted by Crippen LogP contribution is 2.18. The van der Waals surface area contributed by atoms with Gasteiger partial charge in [-0.05, 0) is 43.5 Å². The van der Waals surface area contributed by atoms with Gasteiger partial charge in [0.05, 0.1) is 0 Å². The average Bonchev–Trinajstić information content (AvgIpc) is 3.24. The summed E-state index contributed by atoms with van der Waals surface area (Å²) < 4.78 is 3.13. The quantitative estimate of drug-likeness (QED) is 0.547. The molecule has 0 saturated carbocycles. The summed E-state index contributed by atoms with van der Waals surface area (Å²) in [6.07, 6.45) is 4.37. The lowest BCUT2D eigenvalue weighted by Gasteiger charge is -2.10. The molecule has 0 aliphatic heterocycles. The number of carbonyl (C=O) groups excluding carboxylic acids is 1. The number of anilines is 1. The van der Waals surface area contributed by atoms with Crippen molar-refractivity contribution in [2.45, 2.75) is 26.8 Å². The van der Waals surface area contributed by atoms with Gasteiger partial charge in [-0.25, -0.2) is 0 Å². The van der Waals surface area contributed by atoms with Crippen LogP contribution in [0.2, 0.25) is 0 Å². The van der Waals surface area contributed by atoms with Crippen molar-refractivity contribution in [1.82, 2.24) is 24.3 Å². The third-order valence-corrected chi connectivity index (χ3v) is 5.10. The molecule has 0 bridgehead atoms. The number of aromatic amines is 1. The van der Waals surface area contributed by atoms with E-state index in [1.165, 1.54) is 0 Å². The van der Waals surface area contributed by atoms with Crippen LogP contribution in [0.25, 0.3) is 10.9 Å². The van der Waals surface area contributed by atoms with Crippen molar-refractivity contribution in [2.75, 3.05) is 5.32 Å². The van der Waals surface area contributed by atoms with Crippen LogP contribution < -0.4 is 10.9 Å². The Morgan fingerprint density at radius 3 is 2.76 bits per heavy atom. The number of carbonyl (C=O) groups is 1. The molecule has 0 aliphatic rings. The Balaban J connectivity index is 1.57. The normalized spacial score (nSPS) is 11.1. The lowest BCUT2D eigenvalue weighted by molar-refractivity contribution is 0.102. The second-order valence-electron chi connectivity index (χ2n) is 7.04. The zero-order valence-corrected chi connectivity index (χ0v) is 16.6. The summed E-state index contributed by atoms with van der Waals surface area (Å²) in [5.41, 5.74) is 2.60. The fourth-order valence-electron chi connectivity index (χ4n) is 3.38. The number of hydrogen-bond donors (Lipinski definition) is 2. The van der Waals surface area contributed by atoms with Gasteiger partial charge in [-0.2, -0.15) is 4.98 Å². The van der Waals surface area contributed by atoms with Crippen molar-refractivity contribution in [3.8, 4) is 0 Å². The van der Waals surface area contributed by atoms with Crippen molar-refractivity contribution in [2.24, 2.45) is 7.05 Å². The number of benzene rings is 1. The molecular formula is C21H22N6O2. The highest BCUT2D eigenvalue weighted by molar-refractivity contribution is 6.04. The van der Waals surface area contributed by atoms with Crippen LogP contribution in [-0.4, -0.2) is 30.2 Å². The summed E-state index contributed by atoms with van der Waals surface area (Å²) in [7, 11) is 1.74. The van der Waals surface area contributed by atoms with Crippen molar-refractivity contribution < 1.29 is 4.79 Å². The number of aromatic nitrogens is 5. The summed E-state index contributed by atoms with van der Waals surface area (Å²) in [6, 6.07) is 9.83. The topological polar surface area (TPSA) is 97.6 Å². The van der Waals surface area contributed by atoms with E-state index in [0.29, 0.717) is 24.4 Å². The first-order valence-corrected chi connectivity index (χ1v) is 9.38. The number of fused-ring (bicyclic) bond motifs is 1. The van der Waals surface area contributed by atoms with Gasteiger partial charge in [-0.15, -0.1) is 5.10 Å². The number of H-pyrrole nitrogens is 1. The summed E-state index contributed by atoms with van der Waals surface area (Å²) in [4.78, 5) is 33.1. The van der Waals surface area contributed by atoms with E-state index in [1.807, 2.05) is 24.4 Å². The third kappa shape index (κ3) is 3.56. The molecule has 3 aromatic heterocycles. The largest absolute Gasteiger partial charge is 0.361 e. The van der Waals surface area contributed by atoms with Crippen LogP contribution in [0.15, 0.2) is 47.5 Å². The molecule has 1 amide bonds. The van der Waals surface area contributed by atoms with Gasteiger partial charge in [0.25, 0.3) is 11.5 Å². The van der Waals surface area contributed by atoms with Gasteiger partial charge in [-0.3, -0.25) is 19.6 Å². The smallest absolute Gasteiger partial charge is 0.263 e. The fraction of sp³-hybridized carbons (Fsp3) is 0.238. The summed E-state index contributed by atoms with van der Waals surface area (Å²) in [6.45, 7) is 4.01. The monoisotopic (exact) mass is 390 g/mol. The molecule has 0 saturated heterocycles. The molecule has 1 aromatic carbocycles. The molecule has 3 heterocycles. The van der Waals surface area contributed by atoms with Crippen molar-refractivity contribution in [3.05, 3.63) is 75.6 Å². The Labute approximate surface area is 167 Å². The van der Waals surface area contributed by atoms with E-state index in [4.69, 9.17) is 0 Å². The Hall–Kier alpha value is -3.68. The van der Waals surface area contributed by atoms with Gasteiger partial charge >= 0.3 is 0 Å². The molecule has 8 heteroatoms. The fourth-order valence-corrected chi connectivity index (χ4v) is 3.38. The lowest BCUT2D eigenvalue weighted by atomic mass is 10.1. The van der Waals surface area contributed by atoms with E-state index >= 15 is 0 Å². The number of aryl methyl sites for hydroxylation is 5. The minimum absolute atomic E-state index is 0.108. The highest BCUT2D eigenvalue weighted by Gasteiger charge is 2.18. The van der Waals surface area contributed by atoms with E-state index in [0.717, 1.165) is 16.5 Å². The van der Waals surface area contributed by atoms with Crippen molar-refractivity contribution in [1.29, 1.82) is 0 Å². The summed E-state index contributed by atoms with van der Waals surface area (Å²) >= 11 is 0. The number of hydrogen-bond acceptors (Lipinski definition) is 4. The highest BCUT2D eigenvalue weighted by atomic mass is 16.2. The van der Waals surface area contributed by atoms with Crippen LogP contribution >= 0.6 is 0 Å². The van der Waals surface area contributed by atoms with E-state index in [9.17, 15) is 9.59 Å². The molecule has 0 spiro atoms. The van der Waals surface area contributed by atoms with Crippen LogP contribution in [0, 0.1) is 13.8 Å². The summed E-state index contributed by atoms with van der Waals surface area (Å²) in [5, 5.41) is 7.88. The Bertz CT molecular complexity index is 1240. The van der Waals surface area contributed by atoms with Crippen LogP contribution in [-0.2, 0) is 20.0 Å². The summed E-state index contributed by atoms with van der Waals surface area (Å²) in [5.74, 6) is 0.351. The molecule has 8 nitrogen and oxygen atoms in total. The molecule has 4 aromatic rings. The Morgan fingerprint density at radius 2 is 2.00 bits per heavy atom. The first-order valence-electron chi connectivity index (χ1n) is 9.38. The average molecular weight is 390 g/mol. The van der Waals surface area contributed by atoms with Gasteiger partial charge in [0.1, 0.15) is 11.4 Å². The molecule has 0 fully saturated rings. The zero-order chi connectivity index (χ0) is 20.5. The molecule has 148 valence electrons. The lowest BCUT2D eigenvalue weighted by Crippen LogP contribution is -2.30. The molecular weight excluding hydrogens is 368 g/mol. The van der Waals surface area contributed by atoms with Gasteiger partial charge in [0, 0.05) is 36.9 Å². The molecule has 29 heavy (non-hydrogen) atoms. The number of rotatable bonds is 5. The predicted molar refractivity (Wildman–Crippen MR) is 111 cm³/mol. The maximum Gasteiger partial charge on any atom is 0.263 e. The third-order valence-electron chi connectivity index (χ3n) is 5.10. The zero-order valence-electron chi connectivity index (χ0n) is 16.6. The number of nitrogens with zero attached hydrogens (tertiary/aromatic N) is 4. The van der Waals surface area contributed by atoms with Crippen molar-refractivity contribution in [3.63, 3.8) is 0 Å². The Kier molecular flexibility index (Phi) is 4.75. The molecule has 2 N–H and O–H groups in total. The SMILES string of the molecule is Cc1ccn(CCc2c[nH]c3ccccc23)c(=O)c1C(=O)Nc1nc(C)n(C)n1. The second kappa shape index (κ2) is 7.38. The molecule has 4 rings (SSSR count). The molecule has 0 radical (unpaired) electrons. The van der Waals surface area contributed by atoms with E-state index < -0.39 is 5.91 Å². The number of para-hydroxylation sites is 1. The first kappa shape index (κ1) is 18.7. The molecule has 0 atom stereocenters. The maximum absolute atomic E-state index is 13.0. The minimum atomic E-state index is -0.500. The molecule has 0 unspecified atom stereocenters. The van der Waals surface area contributed by atoms with Gasteiger partial charge in [-0.1, -0.05) is 18.2 Å². The van der Waals surface area contributed by atoms with Gasteiger partial charge < -0.3 is 9.55 Å². The van der Waals surface area contributed by atoms with Crippen LogP contribution in [0.4, 0.5) is 5.95 Å². The predicted octanol–water partition coefficient (Wildman–Crippen LogP) is 2.57.